The average molecular weight is 985 g/mol. The van der Waals surface area contributed by atoms with Crippen molar-refractivity contribution in [2.45, 2.75) is 120 Å². The zero-order valence-corrected chi connectivity index (χ0v) is 39.5. The van der Waals surface area contributed by atoms with E-state index in [9.17, 15) is 63.6 Å². The van der Waals surface area contributed by atoms with E-state index in [1.54, 1.807) is 13.8 Å². The Labute approximate surface area is 405 Å². The van der Waals surface area contributed by atoms with Gasteiger partial charge in [0.1, 0.15) is 53.8 Å². The molecule has 1 aliphatic rings. The third kappa shape index (κ3) is 17.9. The summed E-state index contributed by atoms with van der Waals surface area (Å²) in [7, 11) is 0. The summed E-state index contributed by atoms with van der Waals surface area (Å²) in [6.45, 7) is 2.77. The standard InChI is InChI=1S/C46H68N10O14/c1-4-25(2)38(44(67)51-31(8-5-6-18-47)39(62)49-22-37(61)50-35(24-58)46(69)70)55-42(65)34(23-57)54-41(64)32(20-27-10-14-29(59)15-11-27)52-40(63)33(21-28-12-16-30(60)17-13-28)53-43(66)36-9-7-19-56(36)45(68)26(3)48/h10-17,25-26,31-36,38,57-60H,4-9,18-24,47-48H2,1-3H3,(H,49,62)(H,50,61)(H,51,67)(H,52,63)(H,53,66)(H,54,64)(H,55,65)(H,69,70)/t25-,26+,31-,32-,33-,34-,35-,36-,38-/m0/s1. The SMILES string of the molecule is CC[C@H](C)[C@H](NC(=O)[C@H](CO)NC(=O)[C@H](Cc1ccc(O)cc1)NC(=O)[C@H](Cc1ccc(O)cc1)NC(=O)[C@@H]1CCCN1C(=O)[C@@H](C)N)C(=O)N[C@@H](CCCCN)C(=O)NCC(=O)N[C@@H](CO)C(=O)O. The van der Waals surface area contributed by atoms with Crippen molar-refractivity contribution in [2.75, 3.05) is 32.8 Å². The Bertz CT molecular complexity index is 2110. The maximum Gasteiger partial charge on any atom is 0.328 e. The van der Waals surface area contributed by atoms with Crippen LogP contribution in [0.3, 0.4) is 0 Å². The summed E-state index contributed by atoms with van der Waals surface area (Å²) < 4.78 is 0. The number of nitrogens with two attached hydrogens (primary N) is 2. The number of rotatable bonds is 28. The molecule has 2 aromatic carbocycles. The van der Waals surface area contributed by atoms with Crippen LogP contribution in [0.4, 0.5) is 0 Å². The van der Waals surface area contributed by atoms with E-state index in [2.05, 4.69) is 31.9 Å². The van der Waals surface area contributed by atoms with Crippen LogP contribution in [0.1, 0.15) is 70.4 Å². The summed E-state index contributed by atoms with van der Waals surface area (Å²) in [5.41, 5.74) is 12.4. The topological polar surface area (TPSA) is 394 Å². The van der Waals surface area contributed by atoms with Crippen molar-refractivity contribution in [1.29, 1.82) is 0 Å². The maximum absolute atomic E-state index is 14.3. The molecule has 1 saturated heterocycles. The Morgan fingerprint density at radius 3 is 1.69 bits per heavy atom. The van der Waals surface area contributed by atoms with E-state index in [1.165, 1.54) is 60.4 Å². The van der Waals surface area contributed by atoms with E-state index in [4.69, 9.17) is 16.6 Å². The number of nitrogens with one attached hydrogen (secondary N) is 7. The molecule has 24 heteroatoms. The summed E-state index contributed by atoms with van der Waals surface area (Å²) in [5.74, 6) is -8.81. The van der Waals surface area contributed by atoms with Crippen molar-refractivity contribution < 1.29 is 68.7 Å². The number of aromatic hydroxyl groups is 2. The highest BCUT2D eigenvalue weighted by Gasteiger charge is 2.38. The average Bonchev–Trinajstić information content (AvgIpc) is 3.83. The lowest BCUT2D eigenvalue weighted by molar-refractivity contribution is -0.143. The molecule has 386 valence electrons. The Morgan fingerprint density at radius 1 is 0.671 bits per heavy atom. The van der Waals surface area contributed by atoms with Gasteiger partial charge in [-0.2, -0.15) is 0 Å². The molecule has 9 atom stereocenters. The van der Waals surface area contributed by atoms with Crippen LogP contribution >= 0.6 is 0 Å². The highest BCUT2D eigenvalue weighted by atomic mass is 16.4. The number of carbonyl (C=O) groups is 9. The number of hydrogen-bond acceptors (Lipinski definition) is 15. The van der Waals surface area contributed by atoms with Gasteiger partial charge in [-0.3, -0.25) is 38.4 Å². The molecule has 1 aliphatic heterocycles. The molecule has 1 fully saturated rings. The van der Waals surface area contributed by atoms with Gasteiger partial charge >= 0.3 is 5.97 Å². The second kappa shape index (κ2) is 28.6. The van der Waals surface area contributed by atoms with Gasteiger partial charge < -0.3 is 79.1 Å². The van der Waals surface area contributed by atoms with Gasteiger partial charge in [0, 0.05) is 19.4 Å². The molecule has 0 aromatic heterocycles. The quantitative estimate of drug-likeness (QED) is 0.0368. The minimum atomic E-state index is -1.72. The first-order chi connectivity index (χ1) is 33.2. The molecule has 0 spiro atoms. The second-order valence-electron chi connectivity index (χ2n) is 17.2. The zero-order chi connectivity index (χ0) is 52.1. The number of likely N-dealkylation sites (tertiary alicyclic amines) is 1. The highest BCUT2D eigenvalue weighted by Crippen LogP contribution is 2.20. The van der Waals surface area contributed by atoms with E-state index in [1.807, 2.05) is 5.32 Å². The number of unbranched alkanes of at least 4 members (excludes halogenated alkanes) is 1. The Balaban J connectivity index is 1.86. The smallest absolute Gasteiger partial charge is 0.328 e. The molecule has 16 N–H and O–H groups in total. The van der Waals surface area contributed by atoms with Crippen molar-refractivity contribution in [1.82, 2.24) is 42.1 Å². The van der Waals surface area contributed by atoms with Crippen LogP contribution in [-0.2, 0) is 56.0 Å². The number of aliphatic hydroxyl groups is 2. The van der Waals surface area contributed by atoms with Gasteiger partial charge in [0.2, 0.25) is 47.3 Å². The number of carboxylic acids is 1. The van der Waals surface area contributed by atoms with Crippen molar-refractivity contribution in [3.8, 4) is 11.5 Å². The number of amides is 8. The molecule has 1 heterocycles. The zero-order valence-electron chi connectivity index (χ0n) is 39.5. The Kier molecular flexibility index (Phi) is 23.4. The van der Waals surface area contributed by atoms with Gasteiger partial charge in [-0.25, -0.2) is 4.79 Å². The van der Waals surface area contributed by atoms with Crippen molar-refractivity contribution in [3.63, 3.8) is 0 Å². The molecular weight excluding hydrogens is 917 g/mol. The van der Waals surface area contributed by atoms with E-state index in [0.29, 0.717) is 43.2 Å². The number of carbonyl (C=O) groups excluding carboxylic acids is 8. The van der Waals surface area contributed by atoms with Gasteiger partial charge in [0.25, 0.3) is 0 Å². The Morgan fingerprint density at radius 2 is 1.19 bits per heavy atom. The number of aliphatic carboxylic acids is 1. The third-order valence-electron chi connectivity index (χ3n) is 11.7. The predicted octanol–water partition coefficient (Wildman–Crippen LogP) is -3.51. The monoisotopic (exact) mass is 984 g/mol. The molecule has 2 aromatic rings. The fraction of sp³-hybridized carbons (Fsp3) is 0.543. The highest BCUT2D eigenvalue weighted by molar-refractivity contribution is 5.98. The number of aliphatic hydroxyl groups excluding tert-OH is 2. The number of nitrogens with zero attached hydrogens (tertiary/aromatic N) is 1. The van der Waals surface area contributed by atoms with Crippen LogP contribution in [-0.4, -0.2) is 165 Å². The van der Waals surface area contributed by atoms with Gasteiger partial charge in [0.05, 0.1) is 25.8 Å². The fourth-order valence-corrected chi connectivity index (χ4v) is 7.43. The maximum atomic E-state index is 14.3. The first-order valence-corrected chi connectivity index (χ1v) is 23.1. The molecule has 24 nitrogen and oxygen atoms in total. The summed E-state index contributed by atoms with van der Waals surface area (Å²) in [6, 6.07) is 0.830. The normalized spacial score (nSPS) is 16.7. The first kappa shape index (κ1) is 57.4. The van der Waals surface area contributed by atoms with Crippen molar-refractivity contribution >= 4 is 53.2 Å². The van der Waals surface area contributed by atoms with Crippen LogP contribution in [0, 0.1) is 5.92 Å². The summed E-state index contributed by atoms with van der Waals surface area (Å²) in [4.78, 5) is 121. The Hall–Kier alpha value is -6.89. The molecule has 0 bridgehead atoms. The van der Waals surface area contributed by atoms with Crippen LogP contribution in [0.5, 0.6) is 11.5 Å². The summed E-state index contributed by atoms with van der Waals surface area (Å²) in [5, 5.41) is 65.9. The van der Waals surface area contributed by atoms with Gasteiger partial charge in [-0.05, 0) is 86.9 Å². The number of benzene rings is 2. The van der Waals surface area contributed by atoms with E-state index in [0.717, 1.165) is 0 Å². The minimum absolute atomic E-state index is 0.0428. The molecule has 70 heavy (non-hydrogen) atoms. The molecule has 0 aliphatic carbocycles. The summed E-state index contributed by atoms with van der Waals surface area (Å²) in [6.07, 6.45) is 1.60. The van der Waals surface area contributed by atoms with Crippen LogP contribution < -0.4 is 48.7 Å². The number of phenols is 2. The van der Waals surface area contributed by atoms with Crippen LogP contribution in [0.15, 0.2) is 48.5 Å². The van der Waals surface area contributed by atoms with Crippen molar-refractivity contribution in [3.05, 3.63) is 59.7 Å². The molecular formula is C46H68N10O14. The molecule has 0 radical (unpaired) electrons. The summed E-state index contributed by atoms with van der Waals surface area (Å²) >= 11 is 0. The molecule has 3 rings (SSSR count). The number of hydrogen-bond donors (Lipinski definition) is 14. The van der Waals surface area contributed by atoms with Crippen molar-refractivity contribution in [2.24, 2.45) is 17.4 Å². The van der Waals surface area contributed by atoms with Gasteiger partial charge in [-0.1, -0.05) is 44.5 Å². The van der Waals surface area contributed by atoms with E-state index < -0.39 is 127 Å². The van der Waals surface area contributed by atoms with Gasteiger partial charge in [-0.15, -0.1) is 0 Å². The number of phenolic OH excluding ortho intramolecular Hbond substituents is 2. The molecule has 8 amide bonds. The predicted molar refractivity (Wildman–Crippen MR) is 251 cm³/mol. The molecule has 0 saturated carbocycles. The first-order valence-electron chi connectivity index (χ1n) is 23.1. The largest absolute Gasteiger partial charge is 0.508 e. The minimum Gasteiger partial charge on any atom is -0.508 e. The van der Waals surface area contributed by atoms with Gasteiger partial charge in [0.15, 0.2) is 0 Å². The van der Waals surface area contributed by atoms with E-state index >= 15 is 0 Å². The molecule has 0 unspecified atom stereocenters. The van der Waals surface area contributed by atoms with Crippen LogP contribution in [0.25, 0.3) is 0 Å². The van der Waals surface area contributed by atoms with Crippen LogP contribution in [0.2, 0.25) is 0 Å². The fourth-order valence-electron chi connectivity index (χ4n) is 7.43. The lowest BCUT2D eigenvalue weighted by Crippen LogP contribution is -2.61. The number of carboxylic acid groups (broad SMARTS) is 1. The lowest BCUT2D eigenvalue weighted by Gasteiger charge is -2.29. The van der Waals surface area contributed by atoms with E-state index in [-0.39, 0.29) is 43.9 Å². The lowest BCUT2D eigenvalue weighted by atomic mass is 9.97. The second-order valence-corrected chi connectivity index (χ2v) is 17.2. The third-order valence-corrected chi connectivity index (χ3v) is 11.7.